The third-order valence-electron chi connectivity index (χ3n) is 5.80. The van der Waals surface area contributed by atoms with Gasteiger partial charge in [0.25, 0.3) is 0 Å². The summed E-state index contributed by atoms with van der Waals surface area (Å²) in [6.45, 7) is 3.62. The molecule has 0 atom stereocenters. The lowest BCUT2D eigenvalue weighted by Gasteiger charge is -2.34. The van der Waals surface area contributed by atoms with Crippen LogP contribution in [0.2, 0.25) is 0 Å². The highest BCUT2D eigenvalue weighted by Crippen LogP contribution is 2.34. The number of carbonyl (C=O) groups is 1. The molecular formula is C20H27N3O2S. The van der Waals surface area contributed by atoms with Crippen molar-refractivity contribution in [1.82, 2.24) is 14.9 Å². The maximum absolute atomic E-state index is 12.7. The number of likely N-dealkylation sites (tertiary alicyclic amines) is 1. The van der Waals surface area contributed by atoms with Gasteiger partial charge in [-0.3, -0.25) is 4.79 Å². The van der Waals surface area contributed by atoms with E-state index in [1.807, 2.05) is 22.5 Å². The zero-order valence-corrected chi connectivity index (χ0v) is 16.2. The number of rotatable bonds is 4. The Hall–Kier alpha value is -1.50. The van der Waals surface area contributed by atoms with Crippen LogP contribution in [0.1, 0.15) is 43.0 Å². The first-order valence-corrected chi connectivity index (χ1v) is 10.5. The fraction of sp³-hybridized carbons (Fsp3) is 0.600. The highest BCUT2D eigenvalue weighted by Gasteiger charge is 2.28. The monoisotopic (exact) mass is 373 g/mol. The normalized spacial score (nSPS) is 20.7. The first kappa shape index (κ1) is 17.9. The lowest BCUT2D eigenvalue weighted by Crippen LogP contribution is -2.40. The van der Waals surface area contributed by atoms with Crippen LogP contribution in [0.25, 0.3) is 10.2 Å². The predicted molar refractivity (Wildman–Crippen MR) is 104 cm³/mol. The second-order valence-electron chi connectivity index (χ2n) is 7.43. The van der Waals surface area contributed by atoms with Crippen molar-refractivity contribution in [3.8, 4) is 0 Å². The number of hydrogen-bond donors (Lipinski definition) is 0. The fourth-order valence-electron chi connectivity index (χ4n) is 4.11. The van der Waals surface area contributed by atoms with Crippen molar-refractivity contribution in [2.24, 2.45) is 5.92 Å². The van der Waals surface area contributed by atoms with Gasteiger partial charge in [-0.1, -0.05) is 12.1 Å². The first-order chi connectivity index (χ1) is 12.7. The molecule has 140 valence electrons. The van der Waals surface area contributed by atoms with Gasteiger partial charge in [-0.15, -0.1) is 11.3 Å². The molecule has 0 spiro atoms. The molecule has 0 unspecified atom stereocenters. The quantitative estimate of drug-likeness (QED) is 0.820. The van der Waals surface area contributed by atoms with E-state index >= 15 is 0 Å². The van der Waals surface area contributed by atoms with Crippen LogP contribution in [0.15, 0.2) is 24.3 Å². The summed E-state index contributed by atoms with van der Waals surface area (Å²) in [7, 11) is 1.72. The van der Waals surface area contributed by atoms with Crippen LogP contribution < -0.4 is 0 Å². The van der Waals surface area contributed by atoms with E-state index in [9.17, 15) is 4.79 Å². The molecule has 2 fully saturated rings. The van der Waals surface area contributed by atoms with Gasteiger partial charge in [-0.25, -0.2) is 4.98 Å². The van der Waals surface area contributed by atoms with Gasteiger partial charge in [-0.2, -0.15) is 5.06 Å². The van der Waals surface area contributed by atoms with Crippen LogP contribution in [-0.2, 0) is 9.63 Å². The zero-order chi connectivity index (χ0) is 17.9. The number of carbonyl (C=O) groups excluding carboxylic acids is 1. The summed E-state index contributed by atoms with van der Waals surface area (Å²) in [5.74, 6) is 1.35. The van der Waals surface area contributed by atoms with E-state index in [0.717, 1.165) is 57.4 Å². The molecule has 26 heavy (non-hydrogen) atoms. The van der Waals surface area contributed by atoms with E-state index in [4.69, 9.17) is 9.82 Å². The van der Waals surface area contributed by atoms with E-state index in [1.165, 1.54) is 9.71 Å². The number of para-hydroxylation sites is 1. The Morgan fingerprint density at radius 3 is 2.58 bits per heavy atom. The van der Waals surface area contributed by atoms with Crippen molar-refractivity contribution in [3.63, 3.8) is 0 Å². The number of benzene rings is 1. The predicted octanol–water partition coefficient (Wildman–Crippen LogP) is 3.67. The van der Waals surface area contributed by atoms with Crippen LogP contribution in [0.5, 0.6) is 0 Å². The molecule has 3 heterocycles. The first-order valence-electron chi connectivity index (χ1n) is 9.65. The Bertz CT molecular complexity index is 713. The second-order valence-corrected chi connectivity index (χ2v) is 8.50. The van der Waals surface area contributed by atoms with E-state index in [1.54, 1.807) is 7.11 Å². The van der Waals surface area contributed by atoms with Crippen molar-refractivity contribution in [2.75, 3.05) is 33.3 Å². The van der Waals surface area contributed by atoms with Gasteiger partial charge in [0.15, 0.2) is 0 Å². The van der Waals surface area contributed by atoms with Crippen molar-refractivity contribution >= 4 is 27.5 Å². The molecule has 1 aromatic carbocycles. The summed E-state index contributed by atoms with van der Waals surface area (Å²) in [5.41, 5.74) is 1.11. The van der Waals surface area contributed by atoms with E-state index in [0.29, 0.717) is 24.2 Å². The van der Waals surface area contributed by atoms with Crippen molar-refractivity contribution in [1.29, 1.82) is 0 Å². The van der Waals surface area contributed by atoms with E-state index in [-0.39, 0.29) is 0 Å². The fourth-order valence-corrected chi connectivity index (χ4v) is 5.25. The molecular weight excluding hydrogens is 346 g/mol. The minimum absolute atomic E-state index is 0.337. The Labute approximate surface area is 158 Å². The molecule has 6 heteroatoms. The number of fused-ring (bicyclic) bond motifs is 1. The van der Waals surface area contributed by atoms with Gasteiger partial charge in [0, 0.05) is 38.5 Å². The molecule has 0 aliphatic carbocycles. The number of aromatic nitrogens is 1. The Kier molecular flexibility index (Phi) is 5.52. The number of amides is 1. The van der Waals surface area contributed by atoms with Crippen LogP contribution >= 0.6 is 11.3 Å². The number of nitrogens with zero attached hydrogens (tertiary/aromatic N) is 3. The largest absolute Gasteiger partial charge is 0.343 e. The summed E-state index contributed by atoms with van der Waals surface area (Å²) in [6, 6.07) is 8.35. The van der Waals surface area contributed by atoms with Gasteiger partial charge < -0.3 is 9.74 Å². The smallest absolute Gasteiger partial charge is 0.222 e. The summed E-state index contributed by atoms with van der Waals surface area (Å²) in [5, 5.41) is 3.23. The second kappa shape index (κ2) is 8.03. The molecule has 0 saturated carbocycles. The van der Waals surface area contributed by atoms with Gasteiger partial charge in [0.1, 0.15) is 0 Å². The standard InChI is InChI=1S/C20H27N3O2S/c1-25-23-12-6-15(7-13-23)14-19(24)22-10-8-16(9-11-22)20-21-17-4-2-3-5-18(17)26-20/h2-5,15-16H,6-14H2,1H3. The summed E-state index contributed by atoms with van der Waals surface area (Å²) in [6.07, 6.45) is 4.88. The zero-order valence-electron chi connectivity index (χ0n) is 15.4. The molecule has 0 radical (unpaired) electrons. The Morgan fingerprint density at radius 2 is 1.88 bits per heavy atom. The van der Waals surface area contributed by atoms with Gasteiger partial charge in [-0.05, 0) is 43.7 Å². The van der Waals surface area contributed by atoms with Crippen LogP contribution in [0.3, 0.4) is 0 Å². The Balaban J connectivity index is 1.28. The van der Waals surface area contributed by atoms with Crippen LogP contribution in [-0.4, -0.2) is 54.1 Å². The van der Waals surface area contributed by atoms with Crippen molar-refractivity contribution in [2.45, 2.75) is 38.0 Å². The maximum Gasteiger partial charge on any atom is 0.222 e. The average Bonchev–Trinajstić information content (AvgIpc) is 3.13. The maximum atomic E-state index is 12.7. The van der Waals surface area contributed by atoms with Crippen molar-refractivity contribution in [3.05, 3.63) is 29.3 Å². The lowest BCUT2D eigenvalue weighted by molar-refractivity contribution is -0.151. The molecule has 0 bridgehead atoms. The number of thiazole rings is 1. The molecule has 2 saturated heterocycles. The van der Waals surface area contributed by atoms with Gasteiger partial charge in [0.05, 0.1) is 22.3 Å². The number of piperidine rings is 2. The number of hydrogen-bond acceptors (Lipinski definition) is 5. The molecule has 2 aliphatic rings. The third kappa shape index (κ3) is 3.92. The Morgan fingerprint density at radius 1 is 1.15 bits per heavy atom. The molecule has 0 N–H and O–H groups in total. The molecule has 1 aromatic heterocycles. The minimum Gasteiger partial charge on any atom is -0.343 e. The van der Waals surface area contributed by atoms with Crippen molar-refractivity contribution < 1.29 is 9.63 Å². The third-order valence-corrected chi connectivity index (χ3v) is 7.00. The number of hydroxylamine groups is 2. The van der Waals surface area contributed by atoms with E-state index in [2.05, 4.69) is 23.1 Å². The average molecular weight is 374 g/mol. The molecule has 5 nitrogen and oxygen atoms in total. The van der Waals surface area contributed by atoms with Crippen LogP contribution in [0.4, 0.5) is 0 Å². The van der Waals surface area contributed by atoms with E-state index < -0.39 is 0 Å². The highest BCUT2D eigenvalue weighted by atomic mass is 32.1. The minimum atomic E-state index is 0.337. The van der Waals surface area contributed by atoms with Crippen LogP contribution in [0, 0.1) is 5.92 Å². The summed E-state index contributed by atoms with van der Waals surface area (Å²) in [4.78, 5) is 24.8. The highest BCUT2D eigenvalue weighted by molar-refractivity contribution is 7.18. The van der Waals surface area contributed by atoms with Gasteiger partial charge >= 0.3 is 0 Å². The molecule has 4 rings (SSSR count). The molecule has 2 aromatic rings. The molecule has 2 aliphatic heterocycles. The lowest BCUT2D eigenvalue weighted by atomic mass is 9.92. The molecule has 1 amide bonds. The SMILES string of the molecule is CON1CCC(CC(=O)N2CCC(c3nc4ccccc4s3)CC2)CC1. The summed E-state index contributed by atoms with van der Waals surface area (Å²) >= 11 is 1.81. The summed E-state index contributed by atoms with van der Waals surface area (Å²) < 4.78 is 1.27. The topological polar surface area (TPSA) is 45.7 Å². The van der Waals surface area contributed by atoms with Gasteiger partial charge in [0.2, 0.25) is 5.91 Å².